The number of aromatic amines is 1. The molecule has 0 amide bonds. The first-order chi connectivity index (χ1) is 9.29. The molecule has 3 rings (SSSR count). The first kappa shape index (κ1) is 14.5. The Hall–Kier alpha value is -1.91. The van der Waals surface area contributed by atoms with E-state index < -0.39 is 0 Å². The molecule has 1 aromatic carbocycles. The fraction of sp³-hybridized carbons (Fsp3) is 0.133. The maximum atomic E-state index is 13.4. The van der Waals surface area contributed by atoms with Crippen LogP contribution in [-0.2, 0) is 6.42 Å². The van der Waals surface area contributed by atoms with Gasteiger partial charge in [0, 0.05) is 28.9 Å². The second-order valence-corrected chi connectivity index (χ2v) is 4.45. The van der Waals surface area contributed by atoms with Crippen LogP contribution < -0.4 is 5.73 Å². The highest BCUT2D eigenvalue weighted by Crippen LogP contribution is 2.30. The number of rotatable bonds is 3. The molecular formula is C15H15ClFN3. The van der Waals surface area contributed by atoms with E-state index in [4.69, 9.17) is 5.73 Å². The summed E-state index contributed by atoms with van der Waals surface area (Å²) >= 11 is 0. The molecule has 20 heavy (non-hydrogen) atoms. The van der Waals surface area contributed by atoms with Crippen LogP contribution in [0.25, 0.3) is 22.2 Å². The second-order valence-electron chi connectivity index (χ2n) is 4.45. The lowest BCUT2D eigenvalue weighted by molar-refractivity contribution is 0.629. The number of aromatic nitrogens is 2. The Morgan fingerprint density at radius 2 is 2.10 bits per heavy atom. The molecular weight excluding hydrogens is 277 g/mol. The minimum Gasteiger partial charge on any atom is -0.354 e. The molecule has 5 heteroatoms. The maximum absolute atomic E-state index is 13.4. The number of fused-ring (bicyclic) bond motifs is 1. The lowest BCUT2D eigenvalue weighted by Crippen LogP contribution is -2.03. The minimum atomic E-state index is -0.234. The van der Waals surface area contributed by atoms with E-state index in [1.165, 1.54) is 6.07 Å². The van der Waals surface area contributed by atoms with E-state index in [0.29, 0.717) is 13.0 Å². The van der Waals surface area contributed by atoms with Crippen LogP contribution in [0, 0.1) is 5.82 Å². The molecule has 0 unspecified atom stereocenters. The Morgan fingerprint density at radius 1 is 1.25 bits per heavy atom. The molecule has 0 atom stereocenters. The smallest absolute Gasteiger partial charge is 0.123 e. The highest BCUT2D eigenvalue weighted by molar-refractivity contribution is 5.90. The van der Waals surface area contributed by atoms with Crippen molar-refractivity contribution < 1.29 is 4.39 Å². The largest absolute Gasteiger partial charge is 0.354 e. The highest BCUT2D eigenvalue weighted by atomic mass is 35.5. The zero-order valence-electron chi connectivity index (χ0n) is 10.8. The van der Waals surface area contributed by atoms with E-state index in [9.17, 15) is 4.39 Å². The normalized spacial score (nSPS) is 10.5. The Kier molecular flexibility index (Phi) is 4.37. The first-order valence-corrected chi connectivity index (χ1v) is 6.20. The van der Waals surface area contributed by atoms with E-state index in [0.717, 1.165) is 27.7 Å². The quantitative estimate of drug-likeness (QED) is 0.778. The van der Waals surface area contributed by atoms with Crippen LogP contribution in [0.3, 0.4) is 0 Å². The molecule has 0 radical (unpaired) electrons. The molecule has 0 fully saturated rings. The summed E-state index contributed by atoms with van der Waals surface area (Å²) in [7, 11) is 0. The Balaban J connectivity index is 0.00000147. The van der Waals surface area contributed by atoms with Crippen LogP contribution >= 0.6 is 12.4 Å². The number of benzene rings is 1. The predicted octanol–water partition coefficient (Wildman–Crippen LogP) is 3.29. The van der Waals surface area contributed by atoms with Gasteiger partial charge in [-0.15, -0.1) is 12.4 Å². The fourth-order valence-electron chi connectivity index (χ4n) is 2.38. The van der Waals surface area contributed by atoms with Crippen molar-refractivity contribution in [3.63, 3.8) is 0 Å². The zero-order valence-corrected chi connectivity index (χ0v) is 11.6. The number of hydrogen-bond acceptors (Lipinski definition) is 2. The maximum Gasteiger partial charge on any atom is 0.123 e. The highest BCUT2D eigenvalue weighted by Gasteiger charge is 2.13. The van der Waals surface area contributed by atoms with Crippen LogP contribution in [0.5, 0.6) is 0 Å². The summed E-state index contributed by atoms with van der Waals surface area (Å²) in [6.45, 7) is 0.525. The Morgan fingerprint density at radius 3 is 2.80 bits per heavy atom. The Labute approximate surface area is 122 Å². The van der Waals surface area contributed by atoms with Crippen LogP contribution in [-0.4, -0.2) is 16.5 Å². The molecule has 0 saturated carbocycles. The molecule has 0 aliphatic carbocycles. The van der Waals surface area contributed by atoms with E-state index in [2.05, 4.69) is 9.97 Å². The summed E-state index contributed by atoms with van der Waals surface area (Å²) in [5.41, 5.74) is 9.60. The molecule has 0 spiro atoms. The Bertz CT molecular complexity index is 710. The summed E-state index contributed by atoms with van der Waals surface area (Å²) in [5.74, 6) is -0.234. The van der Waals surface area contributed by atoms with Gasteiger partial charge in [0.05, 0.1) is 5.69 Å². The minimum absolute atomic E-state index is 0. The van der Waals surface area contributed by atoms with Crippen molar-refractivity contribution in [2.45, 2.75) is 6.42 Å². The van der Waals surface area contributed by atoms with Crippen molar-refractivity contribution in [2.75, 3.05) is 6.54 Å². The lowest BCUT2D eigenvalue weighted by Gasteiger charge is -2.03. The van der Waals surface area contributed by atoms with E-state index >= 15 is 0 Å². The lowest BCUT2D eigenvalue weighted by atomic mass is 10.0. The molecule has 0 saturated heterocycles. The molecule has 0 aliphatic rings. The average Bonchev–Trinajstić information content (AvgIpc) is 2.79. The van der Waals surface area contributed by atoms with Crippen molar-refractivity contribution in [1.82, 2.24) is 9.97 Å². The van der Waals surface area contributed by atoms with Gasteiger partial charge in [-0.1, -0.05) is 0 Å². The summed E-state index contributed by atoms with van der Waals surface area (Å²) < 4.78 is 13.4. The molecule has 2 aromatic heterocycles. The average molecular weight is 292 g/mol. The number of hydrogen-bond donors (Lipinski definition) is 2. The van der Waals surface area contributed by atoms with Crippen LogP contribution in [0.1, 0.15) is 5.56 Å². The zero-order chi connectivity index (χ0) is 13.2. The van der Waals surface area contributed by atoms with Crippen molar-refractivity contribution in [3.05, 3.63) is 54.1 Å². The monoisotopic (exact) mass is 291 g/mol. The van der Waals surface area contributed by atoms with Crippen molar-refractivity contribution >= 4 is 23.3 Å². The van der Waals surface area contributed by atoms with E-state index in [1.54, 1.807) is 24.5 Å². The summed E-state index contributed by atoms with van der Waals surface area (Å²) in [6.07, 6.45) is 4.23. The van der Waals surface area contributed by atoms with Crippen molar-refractivity contribution in [3.8, 4) is 11.3 Å². The summed E-state index contributed by atoms with van der Waals surface area (Å²) in [4.78, 5) is 7.45. The molecule has 3 nitrogen and oxygen atoms in total. The fourth-order valence-corrected chi connectivity index (χ4v) is 2.38. The number of nitrogens with zero attached hydrogens (tertiary/aromatic N) is 1. The van der Waals surface area contributed by atoms with Crippen LogP contribution in [0.2, 0.25) is 0 Å². The standard InChI is InChI=1S/C15H14FN3.ClH/c16-11-3-4-14-13(8-11)12(5-6-17)15(19-14)10-2-1-7-18-9-10;/h1-4,7-9,19H,5-6,17H2;1H. The predicted molar refractivity (Wildman–Crippen MR) is 81.5 cm³/mol. The molecule has 104 valence electrons. The van der Waals surface area contributed by atoms with Crippen molar-refractivity contribution in [1.29, 1.82) is 0 Å². The van der Waals surface area contributed by atoms with Gasteiger partial charge in [0.25, 0.3) is 0 Å². The number of pyridine rings is 1. The van der Waals surface area contributed by atoms with Crippen molar-refractivity contribution in [2.24, 2.45) is 5.73 Å². The molecule has 2 heterocycles. The number of H-pyrrole nitrogens is 1. The van der Waals surface area contributed by atoms with Gasteiger partial charge in [-0.3, -0.25) is 4.98 Å². The second kappa shape index (κ2) is 6.03. The number of halogens is 2. The van der Waals surface area contributed by atoms with Gasteiger partial charge in [0.1, 0.15) is 5.82 Å². The number of nitrogens with two attached hydrogens (primary N) is 1. The summed E-state index contributed by atoms with van der Waals surface area (Å²) in [6, 6.07) is 8.63. The third-order valence-electron chi connectivity index (χ3n) is 3.21. The third kappa shape index (κ3) is 2.53. The van der Waals surface area contributed by atoms with Gasteiger partial charge in [-0.2, -0.15) is 0 Å². The summed E-state index contributed by atoms with van der Waals surface area (Å²) in [5, 5.41) is 0.893. The van der Waals surface area contributed by atoms with Gasteiger partial charge in [0.2, 0.25) is 0 Å². The van der Waals surface area contributed by atoms with Gasteiger partial charge in [-0.25, -0.2) is 4.39 Å². The van der Waals surface area contributed by atoms with Gasteiger partial charge in [-0.05, 0) is 48.9 Å². The van der Waals surface area contributed by atoms with Gasteiger partial charge in [0.15, 0.2) is 0 Å². The molecule has 3 aromatic rings. The number of nitrogens with one attached hydrogen (secondary N) is 1. The third-order valence-corrected chi connectivity index (χ3v) is 3.21. The topological polar surface area (TPSA) is 54.7 Å². The first-order valence-electron chi connectivity index (χ1n) is 6.20. The molecule has 3 N–H and O–H groups in total. The van der Waals surface area contributed by atoms with Crippen LogP contribution in [0.15, 0.2) is 42.7 Å². The SMILES string of the molecule is Cl.NCCc1c(-c2cccnc2)[nH]c2ccc(F)cc12. The van der Waals surface area contributed by atoms with Gasteiger partial charge < -0.3 is 10.7 Å². The van der Waals surface area contributed by atoms with E-state index in [-0.39, 0.29) is 18.2 Å². The van der Waals surface area contributed by atoms with Gasteiger partial charge >= 0.3 is 0 Å². The molecule has 0 aliphatic heterocycles. The van der Waals surface area contributed by atoms with Crippen LogP contribution in [0.4, 0.5) is 4.39 Å². The molecule has 0 bridgehead atoms. The van der Waals surface area contributed by atoms with E-state index in [1.807, 2.05) is 12.1 Å².